The van der Waals surface area contributed by atoms with E-state index in [2.05, 4.69) is 58.2 Å². The molecule has 5 rings (SSSR count). The minimum atomic E-state index is -3.33. The van der Waals surface area contributed by atoms with Gasteiger partial charge in [0.1, 0.15) is 0 Å². The lowest BCUT2D eigenvalue weighted by atomic mass is 9.87. The van der Waals surface area contributed by atoms with E-state index in [0.717, 1.165) is 32.2 Å². The number of likely N-dealkylation sites (tertiary alicyclic amines) is 1. The highest BCUT2D eigenvalue weighted by Gasteiger charge is 2.35. The van der Waals surface area contributed by atoms with Crippen LogP contribution in [0.2, 0.25) is 0 Å². The third kappa shape index (κ3) is 3.96. The van der Waals surface area contributed by atoms with Crippen LogP contribution in [0.4, 0.5) is 5.69 Å². The van der Waals surface area contributed by atoms with E-state index in [1.807, 2.05) is 0 Å². The van der Waals surface area contributed by atoms with Crippen molar-refractivity contribution in [2.75, 3.05) is 24.1 Å². The van der Waals surface area contributed by atoms with E-state index in [0.29, 0.717) is 11.3 Å². The lowest BCUT2D eigenvalue weighted by Gasteiger charge is -2.36. The van der Waals surface area contributed by atoms with Crippen LogP contribution in [-0.4, -0.2) is 38.4 Å². The summed E-state index contributed by atoms with van der Waals surface area (Å²) in [4.78, 5) is 15.6. The summed E-state index contributed by atoms with van der Waals surface area (Å²) in [6.45, 7) is 1.74. The topological polar surface area (TPSA) is 66.5 Å². The van der Waals surface area contributed by atoms with E-state index in [1.54, 1.807) is 24.3 Å². The number of nitrogens with zero attached hydrogens (tertiary/aromatic N) is 1. The summed E-state index contributed by atoms with van der Waals surface area (Å²) in [5.74, 6) is 0.134. The van der Waals surface area contributed by atoms with Gasteiger partial charge in [-0.05, 0) is 72.5 Å². The van der Waals surface area contributed by atoms with E-state index in [-0.39, 0.29) is 17.7 Å². The van der Waals surface area contributed by atoms with Gasteiger partial charge in [0.2, 0.25) is 10.0 Å². The van der Waals surface area contributed by atoms with Gasteiger partial charge in [-0.3, -0.25) is 14.4 Å². The maximum atomic E-state index is 13.1. The van der Waals surface area contributed by atoms with Gasteiger partial charge < -0.3 is 0 Å². The molecular weight excluding hydrogens is 420 g/mol. The molecule has 3 aromatic rings. The molecule has 1 N–H and O–H groups in total. The van der Waals surface area contributed by atoms with Crippen molar-refractivity contribution in [1.29, 1.82) is 0 Å². The predicted octanol–water partition coefficient (Wildman–Crippen LogP) is 4.72. The number of sulfonamides is 1. The van der Waals surface area contributed by atoms with Gasteiger partial charge in [-0.15, -0.1) is 0 Å². The first-order chi connectivity index (χ1) is 15.4. The molecule has 0 atom stereocenters. The molecule has 2 aliphatic rings. The summed E-state index contributed by atoms with van der Waals surface area (Å²) in [5, 5.41) is 0. The van der Waals surface area contributed by atoms with Crippen LogP contribution in [0.3, 0.4) is 0 Å². The van der Waals surface area contributed by atoms with Gasteiger partial charge in [-0.2, -0.15) is 0 Å². The quantitative estimate of drug-likeness (QED) is 0.576. The Morgan fingerprint density at radius 2 is 1.38 bits per heavy atom. The Hall–Kier alpha value is -2.96. The molecule has 1 saturated heterocycles. The van der Waals surface area contributed by atoms with Crippen molar-refractivity contribution in [3.05, 3.63) is 89.5 Å². The average molecular weight is 447 g/mol. The number of nitrogens with one attached hydrogen (secondary N) is 1. The number of hydrogen-bond donors (Lipinski definition) is 1. The van der Waals surface area contributed by atoms with Crippen LogP contribution in [-0.2, 0) is 10.0 Å². The number of Topliss-reactive ketones (excluding diaryl/α,β-unsaturated/α-hetero) is 1. The zero-order valence-electron chi connectivity index (χ0n) is 18.0. The van der Waals surface area contributed by atoms with Crippen molar-refractivity contribution in [2.45, 2.75) is 18.9 Å². The largest absolute Gasteiger partial charge is 0.294 e. The minimum absolute atomic E-state index is 0.00754. The van der Waals surface area contributed by atoms with Gasteiger partial charge in [0.05, 0.1) is 12.3 Å². The van der Waals surface area contributed by atoms with Crippen LogP contribution in [0.1, 0.15) is 40.4 Å². The first-order valence-electron chi connectivity index (χ1n) is 10.9. The molecule has 1 aliphatic heterocycles. The molecule has 164 valence electrons. The minimum Gasteiger partial charge on any atom is -0.294 e. The second kappa shape index (κ2) is 8.19. The Morgan fingerprint density at radius 1 is 0.844 bits per heavy atom. The number of hydrogen-bond acceptors (Lipinski definition) is 4. The lowest BCUT2D eigenvalue weighted by molar-refractivity contribution is 0.0815. The van der Waals surface area contributed by atoms with Gasteiger partial charge in [-0.1, -0.05) is 48.5 Å². The Morgan fingerprint density at radius 3 is 1.91 bits per heavy atom. The number of ketones is 1. The van der Waals surface area contributed by atoms with Crippen LogP contribution in [0, 0.1) is 5.92 Å². The van der Waals surface area contributed by atoms with Gasteiger partial charge in [0.25, 0.3) is 0 Å². The number of rotatable bonds is 5. The summed E-state index contributed by atoms with van der Waals surface area (Å²) in [6, 6.07) is 24.2. The Kier molecular flexibility index (Phi) is 5.35. The fraction of sp³-hybridized carbons (Fsp3) is 0.269. The summed E-state index contributed by atoms with van der Waals surface area (Å²) in [5.41, 5.74) is 6.44. The molecule has 6 heteroatoms. The van der Waals surface area contributed by atoms with Crippen molar-refractivity contribution >= 4 is 21.5 Å². The highest BCUT2D eigenvalue weighted by atomic mass is 32.2. The summed E-state index contributed by atoms with van der Waals surface area (Å²) in [7, 11) is -3.33. The van der Waals surface area contributed by atoms with Gasteiger partial charge in [-0.25, -0.2) is 8.42 Å². The van der Waals surface area contributed by atoms with Crippen LogP contribution < -0.4 is 4.72 Å². The Labute approximate surface area is 189 Å². The smallest absolute Gasteiger partial charge is 0.229 e. The highest BCUT2D eigenvalue weighted by molar-refractivity contribution is 7.92. The van der Waals surface area contributed by atoms with E-state index in [9.17, 15) is 13.2 Å². The lowest BCUT2D eigenvalue weighted by Crippen LogP contribution is -2.38. The van der Waals surface area contributed by atoms with Crippen LogP contribution in [0.5, 0.6) is 0 Å². The average Bonchev–Trinajstić information content (AvgIpc) is 3.13. The molecule has 0 spiro atoms. The standard InChI is InChI=1S/C26H26N2O3S/c1-32(30,31)27-20-12-10-18(11-13-20)26(29)19-14-16-28(17-15-19)25-23-8-4-2-6-21(23)22-7-3-5-9-24(22)25/h2-13,19,25,27H,14-17H2,1H3. The zero-order chi connectivity index (χ0) is 22.3. The van der Waals surface area contributed by atoms with Crippen molar-refractivity contribution in [3.63, 3.8) is 0 Å². The number of anilines is 1. The molecule has 1 heterocycles. The molecule has 3 aromatic carbocycles. The maximum Gasteiger partial charge on any atom is 0.229 e. The molecule has 0 radical (unpaired) electrons. The Balaban J connectivity index is 1.29. The second-order valence-electron chi connectivity index (χ2n) is 8.70. The molecule has 1 fully saturated rings. The number of fused-ring (bicyclic) bond motifs is 3. The van der Waals surface area contributed by atoms with Crippen LogP contribution in [0.15, 0.2) is 72.8 Å². The molecule has 0 amide bonds. The molecule has 0 saturated carbocycles. The van der Waals surface area contributed by atoms with Gasteiger partial charge >= 0.3 is 0 Å². The third-order valence-corrected chi connectivity index (χ3v) is 7.15. The summed E-state index contributed by atoms with van der Waals surface area (Å²) >= 11 is 0. The maximum absolute atomic E-state index is 13.1. The number of carbonyl (C=O) groups is 1. The number of benzene rings is 3. The summed E-state index contributed by atoms with van der Waals surface area (Å²) in [6.07, 6.45) is 2.76. The Bertz CT molecular complexity index is 1210. The fourth-order valence-corrected chi connectivity index (χ4v) is 5.66. The first kappa shape index (κ1) is 20.9. The second-order valence-corrected chi connectivity index (χ2v) is 10.5. The normalized spacial score (nSPS) is 17.0. The van der Waals surface area contributed by atoms with Crippen LogP contribution >= 0.6 is 0 Å². The molecule has 0 bridgehead atoms. The molecule has 0 unspecified atom stereocenters. The van der Waals surface area contributed by atoms with Gasteiger partial charge in [0, 0.05) is 17.2 Å². The van der Waals surface area contributed by atoms with E-state index in [4.69, 9.17) is 0 Å². The molecule has 5 nitrogen and oxygen atoms in total. The molecule has 0 aromatic heterocycles. The zero-order valence-corrected chi connectivity index (χ0v) is 18.8. The molecule has 32 heavy (non-hydrogen) atoms. The van der Waals surface area contributed by atoms with Gasteiger partial charge in [0.15, 0.2) is 5.78 Å². The monoisotopic (exact) mass is 446 g/mol. The summed E-state index contributed by atoms with van der Waals surface area (Å²) < 4.78 is 25.2. The first-order valence-corrected chi connectivity index (χ1v) is 12.8. The van der Waals surface area contributed by atoms with Crippen molar-refractivity contribution in [2.24, 2.45) is 5.92 Å². The highest BCUT2D eigenvalue weighted by Crippen LogP contribution is 2.47. The van der Waals surface area contributed by atoms with Crippen LogP contribution in [0.25, 0.3) is 11.1 Å². The molecular formula is C26H26N2O3S. The van der Waals surface area contributed by atoms with E-state index in [1.165, 1.54) is 22.3 Å². The third-order valence-electron chi connectivity index (χ3n) is 6.54. The van der Waals surface area contributed by atoms with E-state index < -0.39 is 10.0 Å². The SMILES string of the molecule is CS(=O)(=O)Nc1ccc(C(=O)C2CCN(C3c4ccccc4-c4ccccc43)CC2)cc1. The van der Waals surface area contributed by atoms with E-state index >= 15 is 0 Å². The number of carbonyl (C=O) groups excluding carboxylic acids is 1. The van der Waals surface area contributed by atoms with Crippen molar-refractivity contribution in [3.8, 4) is 11.1 Å². The van der Waals surface area contributed by atoms with Crippen molar-refractivity contribution in [1.82, 2.24) is 4.90 Å². The number of piperidine rings is 1. The predicted molar refractivity (Wildman–Crippen MR) is 127 cm³/mol. The van der Waals surface area contributed by atoms with Crippen molar-refractivity contribution < 1.29 is 13.2 Å². The fourth-order valence-electron chi connectivity index (χ4n) is 5.09. The molecule has 1 aliphatic carbocycles.